The van der Waals surface area contributed by atoms with Crippen molar-refractivity contribution in [3.63, 3.8) is 0 Å². The van der Waals surface area contributed by atoms with Crippen LogP contribution in [0.4, 0.5) is 5.88 Å². The third-order valence-corrected chi connectivity index (χ3v) is 2.57. The van der Waals surface area contributed by atoms with Crippen LogP contribution >= 0.6 is 0 Å². The average Bonchev–Trinajstić information content (AvgIpc) is 2.76. The number of nitrogens with zero attached hydrogens (tertiary/aromatic N) is 3. The first-order valence-corrected chi connectivity index (χ1v) is 6.68. The first kappa shape index (κ1) is 15.2. The molecule has 0 amide bonds. The second-order valence-electron chi connectivity index (χ2n) is 5.48. The van der Waals surface area contributed by atoms with Gasteiger partial charge in [0.15, 0.2) is 0 Å². The standard InChI is InChI=1S/C14H22N4O/c1-5-6-7-8-9-16-18-12-11(10-15)17-13(19-12)14(2,3)4/h9,18H,5-8H2,1-4H3. The number of unbranched alkanes of at least 4 members (excludes halogenated alkanes) is 3. The maximum Gasteiger partial charge on any atom is 0.252 e. The molecule has 1 aromatic rings. The summed E-state index contributed by atoms with van der Waals surface area (Å²) < 4.78 is 5.54. The van der Waals surface area contributed by atoms with E-state index in [1.165, 1.54) is 12.8 Å². The van der Waals surface area contributed by atoms with Crippen LogP contribution in [-0.4, -0.2) is 11.2 Å². The second kappa shape index (κ2) is 6.93. The summed E-state index contributed by atoms with van der Waals surface area (Å²) in [4.78, 5) is 4.16. The Kier molecular flexibility index (Phi) is 5.56. The highest BCUT2D eigenvalue weighted by Crippen LogP contribution is 2.26. The van der Waals surface area contributed by atoms with Crippen molar-refractivity contribution in [2.75, 3.05) is 5.43 Å². The zero-order valence-corrected chi connectivity index (χ0v) is 12.2. The molecule has 0 fully saturated rings. The van der Waals surface area contributed by atoms with E-state index in [2.05, 4.69) is 22.4 Å². The van der Waals surface area contributed by atoms with E-state index in [-0.39, 0.29) is 11.1 Å². The minimum atomic E-state index is -0.226. The number of oxazole rings is 1. The van der Waals surface area contributed by atoms with Gasteiger partial charge in [0.2, 0.25) is 11.6 Å². The predicted molar refractivity (Wildman–Crippen MR) is 76.2 cm³/mol. The number of hydrogen-bond donors (Lipinski definition) is 1. The fourth-order valence-corrected chi connectivity index (χ4v) is 1.45. The number of nitriles is 1. The number of hydrogen-bond acceptors (Lipinski definition) is 5. The molecule has 0 saturated carbocycles. The molecule has 0 saturated heterocycles. The number of hydrazone groups is 1. The molecule has 5 heteroatoms. The molecule has 1 aromatic heterocycles. The molecule has 1 rings (SSSR count). The van der Waals surface area contributed by atoms with Gasteiger partial charge in [-0.3, -0.25) is 0 Å². The van der Waals surface area contributed by atoms with Crippen LogP contribution in [0.15, 0.2) is 9.52 Å². The van der Waals surface area contributed by atoms with Gasteiger partial charge in [-0.2, -0.15) is 15.3 Å². The Morgan fingerprint density at radius 3 is 2.74 bits per heavy atom. The van der Waals surface area contributed by atoms with Gasteiger partial charge >= 0.3 is 0 Å². The highest BCUT2D eigenvalue weighted by molar-refractivity contribution is 5.59. The van der Waals surface area contributed by atoms with Gasteiger partial charge in [0, 0.05) is 11.6 Å². The first-order valence-electron chi connectivity index (χ1n) is 6.68. The summed E-state index contributed by atoms with van der Waals surface area (Å²) in [6.07, 6.45) is 6.23. The summed E-state index contributed by atoms with van der Waals surface area (Å²) in [5.74, 6) is 0.854. The van der Waals surface area contributed by atoms with Crippen molar-refractivity contribution < 1.29 is 4.42 Å². The van der Waals surface area contributed by atoms with Crippen LogP contribution in [0.5, 0.6) is 0 Å². The lowest BCUT2D eigenvalue weighted by Gasteiger charge is -2.11. The predicted octanol–water partition coefficient (Wildman–Crippen LogP) is 3.82. The molecule has 0 radical (unpaired) electrons. The molecule has 19 heavy (non-hydrogen) atoms. The molecule has 0 unspecified atom stereocenters. The van der Waals surface area contributed by atoms with Gasteiger partial charge in [-0.1, -0.05) is 40.5 Å². The lowest BCUT2D eigenvalue weighted by molar-refractivity contribution is 0.399. The maximum absolute atomic E-state index is 9.01. The third-order valence-electron chi connectivity index (χ3n) is 2.57. The van der Waals surface area contributed by atoms with E-state index in [9.17, 15) is 0 Å². The summed E-state index contributed by atoms with van der Waals surface area (Å²) in [6.45, 7) is 8.12. The van der Waals surface area contributed by atoms with Crippen molar-refractivity contribution in [1.29, 1.82) is 5.26 Å². The molecule has 0 aromatic carbocycles. The monoisotopic (exact) mass is 262 g/mol. The Hall–Kier alpha value is -1.83. The van der Waals surface area contributed by atoms with E-state index in [1.807, 2.05) is 26.8 Å². The van der Waals surface area contributed by atoms with Gasteiger partial charge < -0.3 is 4.42 Å². The zero-order chi connectivity index (χ0) is 14.3. The second-order valence-corrected chi connectivity index (χ2v) is 5.48. The molecule has 104 valence electrons. The highest BCUT2D eigenvalue weighted by atomic mass is 16.4. The average molecular weight is 262 g/mol. The number of aromatic nitrogens is 1. The van der Waals surface area contributed by atoms with E-state index < -0.39 is 0 Å². The zero-order valence-electron chi connectivity index (χ0n) is 12.2. The molecule has 1 heterocycles. The SMILES string of the molecule is CCCCCC=NNc1oc(C(C)(C)C)nc1C#N. The Morgan fingerprint density at radius 2 is 2.16 bits per heavy atom. The fraction of sp³-hybridized carbons (Fsp3) is 0.643. The van der Waals surface area contributed by atoms with Crippen molar-refractivity contribution in [2.45, 2.75) is 58.8 Å². The molecule has 0 bridgehead atoms. The topological polar surface area (TPSA) is 74.2 Å². The summed E-state index contributed by atoms with van der Waals surface area (Å²) in [6, 6.07) is 2.01. The van der Waals surface area contributed by atoms with Gasteiger partial charge in [-0.05, 0) is 12.8 Å². The van der Waals surface area contributed by atoms with Crippen LogP contribution in [0.1, 0.15) is 65.0 Å². The van der Waals surface area contributed by atoms with Gasteiger partial charge in [0.1, 0.15) is 6.07 Å². The maximum atomic E-state index is 9.01. The molecule has 0 aliphatic heterocycles. The lowest BCUT2D eigenvalue weighted by Crippen LogP contribution is -2.11. The third kappa shape index (κ3) is 4.74. The van der Waals surface area contributed by atoms with E-state index in [1.54, 1.807) is 6.21 Å². The van der Waals surface area contributed by atoms with Crippen LogP contribution in [0.2, 0.25) is 0 Å². The van der Waals surface area contributed by atoms with Crippen molar-refractivity contribution in [3.8, 4) is 6.07 Å². The van der Waals surface area contributed by atoms with Gasteiger partial charge in [-0.25, -0.2) is 5.43 Å². The van der Waals surface area contributed by atoms with Gasteiger partial charge in [-0.15, -0.1) is 0 Å². The van der Waals surface area contributed by atoms with Crippen LogP contribution in [-0.2, 0) is 5.41 Å². The molecule has 1 N–H and O–H groups in total. The molecule has 0 aliphatic carbocycles. The van der Waals surface area contributed by atoms with Gasteiger partial charge in [0.25, 0.3) is 5.88 Å². The van der Waals surface area contributed by atoms with Crippen LogP contribution < -0.4 is 5.43 Å². The molecule has 0 spiro atoms. The Morgan fingerprint density at radius 1 is 1.42 bits per heavy atom. The minimum absolute atomic E-state index is 0.226. The lowest BCUT2D eigenvalue weighted by atomic mass is 9.97. The van der Waals surface area contributed by atoms with E-state index in [4.69, 9.17) is 9.68 Å². The highest BCUT2D eigenvalue weighted by Gasteiger charge is 2.23. The van der Waals surface area contributed by atoms with E-state index in [0.29, 0.717) is 11.8 Å². The quantitative estimate of drug-likeness (QED) is 0.480. The summed E-state index contributed by atoms with van der Waals surface area (Å²) in [5, 5.41) is 13.1. The summed E-state index contributed by atoms with van der Waals surface area (Å²) >= 11 is 0. The largest absolute Gasteiger partial charge is 0.421 e. The summed E-state index contributed by atoms with van der Waals surface area (Å²) in [5.41, 5.74) is 2.77. The number of nitrogens with one attached hydrogen (secondary N) is 1. The van der Waals surface area contributed by atoms with E-state index in [0.717, 1.165) is 12.8 Å². The first-order chi connectivity index (χ1) is 8.99. The normalized spacial score (nSPS) is 11.7. The molecule has 0 atom stereocenters. The van der Waals surface area contributed by atoms with Crippen molar-refractivity contribution in [2.24, 2.45) is 5.10 Å². The molecule has 5 nitrogen and oxygen atoms in total. The molecule has 0 aliphatic rings. The smallest absolute Gasteiger partial charge is 0.252 e. The van der Waals surface area contributed by atoms with Gasteiger partial charge in [0.05, 0.1) is 0 Å². The van der Waals surface area contributed by atoms with Crippen molar-refractivity contribution in [3.05, 3.63) is 11.6 Å². The molecular weight excluding hydrogens is 240 g/mol. The Bertz CT molecular complexity index is 463. The minimum Gasteiger partial charge on any atom is -0.421 e. The number of anilines is 1. The van der Waals surface area contributed by atoms with Crippen LogP contribution in [0.3, 0.4) is 0 Å². The van der Waals surface area contributed by atoms with E-state index >= 15 is 0 Å². The van der Waals surface area contributed by atoms with Crippen LogP contribution in [0, 0.1) is 11.3 Å². The fourth-order valence-electron chi connectivity index (χ4n) is 1.45. The number of rotatable bonds is 6. The summed E-state index contributed by atoms with van der Waals surface area (Å²) in [7, 11) is 0. The van der Waals surface area contributed by atoms with Crippen molar-refractivity contribution >= 4 is 12.1 Å². The van der Waals surface area contributed by atoms with Crippen molar-refractivity contribution in [1.82, 2.24) is 4.98 Å². The Balaban J connectivity index is 2.63. The molecular formula is C14H22N4O. The Labute approximate surface area is 114 Å². The van der Waals surface area contributed by atoms with Crippen LogP contribution in [0.25, 0.3) is 0 Å².